The number of rotatable bonds is 4. The summed E-state index contributed by atoms with van der Waals surface area (Å²) in [5.41, 5.74) is 12.2. The minimum Gasteiger partial charge on any atom is -0.309 e. The third-order valence-corrected chi connectivity index (χ3v) is 8.56. The Morgan fingerprint density at radius 1 is 0.476 bits per heavy atom. The van der Waals surface area contributed by atoms with Crippen molar-refractivity contribution < 1.29 is 0 Å². The Hall–Kier alpha value is -5.34. The molecule has 0 spiro atoms. The van der Waals surface area contributed by atoms with Gasteiger partial charge in [0.05, 0.1) is 22.1 Å². The maximum atomic E-state index is 2.43. The van der Waals surface area contributed by atoms with Crippen LogP contribution in [0.4, 0.5) is 0 Å². The molecule has 0 aliphatic heterocycles. The molecule has 2 heterocycles. The molecule has 0 saturated carbocycles. The lowest BCUT2D eigenvalue weighted by molar-refractivity contribution is 1.16. The smallest absolute Gasteiger partial charge is 0.0548 e. The molecule has 0 amide bonds. The fourth-order valence-electron chi connectivity index (χ4n) is 6.67. The van der Waals surface area contributed by atoms with Crippen LogP contribution in [0.25, 0.3) is 72.2 Å². The van der Waals surface area contributed by atoms with Gasteiger partial charge in [0.1, 0.15) is 0 Å². The van der Waals surface area contributed by atoms with Crippen LogP contribution in [0.3, 0.4) is 0 Å². The summed E-state index contributed by atoms with van der Waals surface area (Å²) < 4.78 is 4.85. The maximum absolute atomic E-state index is 2.43. The molecule has 6 aromatic carbocycles. The lowest BCUT2D eigenvalue weighted by atomic mass is 10.1. The lowest BCUT2D eigenvalue weighted by Gasteiger charge is -2.11. The van der Waals surface area contributed by atoms with E-state index < -0.39 is 0 Å². The van der Waals surface area contributed by atoms with Crippen molar-refractivity contribution in [2.45, 2.75) is 13.8 Å². The van der Waals surface area contributed by atoms with Gasteiger partial charge >= 0.3 is 0 Å². The number of aryl methyl sites for hydroxylation is 1. The van der Waals surface area contributed by atoms with E-state index in [-0.39, 0.29) is 0 Å². The highest BCUT2D eigenvalue weighted by atomic mass is 15.0. The molecule has 0 N–H and O–H groups in total. The molecule has 2 aromatic heterocycles. The van der Waals surface area contributed by atoms with Crippen molar-refractivity contribution in [3.05, 3.63) is 151 Å². The van der Waals surface area contributed by atoms with Crippen LogP contribution < -0.4 is 0 Å². The number of aromatic nitrogens is 2. The van der Waals surface area contributed by atoms with Gasteiger partial charge in [-0.1, -0.05) is 97.1 Å². The first-order chi connectivity index (χ1) is 20.7. The quantitative estimate of drug-likeness (QED) is 0.211. The van der Waals surface area contributed by atoms with Crippen LogP contribution in [0.5, 0.6) is 0 Å². The van der Waals surface area contributed by atoms with E-state index in [0.717, 1.165) is 0 Å². The van der Waals surface area contributed by atoms with Crippen LogP contribution in [-0.4, -0.2) is 9.13 Å². The van der Waals surface area contributed by atoms with Crippen molar-refractivity contribution in [2.24, 2.45) is 0 Å². The van der Waals surface area contributed by atoms with Crippen LogP contribution >= 0.6 is 0 Å². The predicted molar refractivity (Wildman–Crippen MR) is 180 cm³/mol. The SMILES string of the molecule is C/C=C\c1ccc(-n2c3ccccc3c3c4c5ccccc5n(-c5ccc(-c6ccccc6)cc5)c4ccc32)cc1C. The fraction of sp³-hybridized carbons (Fsp3) is 0.0500. The van der Waals surface area contributed by atoms with Crippen molar-refractivity contribution in [1.82, 2.24) is 9.13 Å². The van der Waals surface area contributed by atoms with Gasteiger partial charge in [0.15, 0.2) is 0 Å². The highest BCUT2D eigenvalue weighted by molar-refractivity contribution is 6.28. The molecule has 2 heteroatoms. The monoisotopic (exact) mass is 538 g/mol. The zero-order chi connectivity index (χ0) is 28.2. The molecule has 2 nitrogen and oxygen atoms in total. The van der Waals surface area contributed by atoms with E-state index >= 15 is 0 Å². The molecule has 200 valence electrons. The van der Waals surface area contributed by atoms with Gasteiger partial charge in [-0.3, -0.25) is 0 Å². The Morgan fingerprint density at radius 3 is 1.60 bits per heavy atom. The van der Waals surface area contributed by atoms with Gasteiger partial charge in [-0.2, -0.15) is 0 Å². The minimum absolute atomic E-state index is 1.17. The van der Waals surface area contributed by atoms with E-state index in [1.54, 1.807) is 0 Å². The molecule has 0 radical (unpaired) electrons. The van der Waals surface area contributed by atoms with E-state index in [0.29, 0.717) is 0 Å². The molecule has 0 saturated heterocycles. The zero-order valence-electron chi connectivity index (χ0n) is 23.8. The van der Waals surface area contributed by atoms with E-state index in [1.165, 1.54) is 77.2 Å². The standard InChI is InChI=1S/C40H30N2/c1-3-11-28-18-23-32(26-27(28)2)42-36-17-10-8-15-34(36)40-38(42)25-24-37-39(40)33-14-7-9-16-35(33)41(37)31-21-19-30(20-22-31)29-12-5-4-6-13-29/h3-26H,1-2H3/b11-3-. The second kappa shape index (κ2) is 9.64. The van der Waals surface area contributed by atoms with Crippen LogP contribution in [0, 0.1) is 6.92 Å². The third-order valence-electron chi connectivity index (χ3n) is 8.56. The van der Waals surface area contributed by atoms with Gasteiger partial charge < -0.3 is 9.13 Å². The average molecular weight is 539 g/mol. The molecule has 8 aromatic rings. The number of nitrogens with zero attached hydrogens (tertiary/aromatic N) is 2. The Balaban J connectivity index is 1.42. The Bertz CT molecular complexity index is 2300. The predicted octanol–water partition coefficient (Wildman–Crippen LogP) is 10.9. The molecule has 0 aliphatic carbocycles. The summed E-state index contributed by atoms with van der Waals surface area (Å²) in [6.45, 7) is 4.27. The second-order valence-electron chi connectivity index (χ2n) is 11.0. The summed E-state index contributed by atoms with van der Waals surface area (Å²) >= 11 is 0. The summed E-state index contributed by atoms with van der Waals surface area (Å²) in [6, 6.07) is 48.6. The van der Waals surface area contributed by atoms with Crippen LogP contribution in [0.1, 0.15) is 18.1 Å². The van der Waals surface area contributed by atoms with Crippen LogP contribution in [0.15, 0.2) is 140 Å². The molecule has 0 aliphatic rings. The molecule has 42 heavy (non-hydrogen) atoms. The van der Waals surface area contributed by atoms with Gasteiger partial charge in [0, 0.05) is 32.9 Å². The van der Waals surface area contributed by atoms with E-state index in [2.05, 4.69) is 169 Å². The van der Waals surface area contributed by atoms with Crippen molar-refractivity contribution >= 4 is 49.7 Å². The molecule has 0 unspecified atom stereocenters. The first-order valence-electron chi connectivity index (χ1n) is 14.6. The largest absolute Gasteiger partial charge is 0.309 e. The number of fused-ring (bicyclic) bond motifs is 7. The van der Waals surface area contributed by atoms with E-state index in [1.807, 2.05) is 0 Å². The summed E-state index contributed by atoms with van der Waals surface area (Å²) in [5.74, 6) is 0. The van der Waals surface area contributed by atoms with Gasteiger partial charge in [-0.15, -0.1) is 0 Å². The minimum atomic E-state index is 1.17. The summed E-state index contributed by atoms with van der Waals surface area (Å²) in [4.78, 5) is 0. The summed E-state index contributed by atoms with van der Waals surface area (Å²) in [5, 5.41) is 5.14. The number of hydrogen-bond acceptors (Lipinski definition) is 0. The van der Waals surface area contributed by atoms with E-state index in [4.69, 9.17) is 0 Å². The zero-order valence-corrected chi connectivity index (χ0v) is 23.8. The highest BCUT2D eigenvalue weighted by Crippen LogP contribution is 2.42. The lowest BCUT2D eigenvalue weighted by Crippen LogP contribution is -1.96. The second-order valence-corrected chi connectivity index (χ2v) is 11.0. The molecule has 0 atom stereocenters. The number of hydrogen-bond donors (Lipinski definition) is 0. The van der Waals surface area contributed by atoms with Gasteiger partial charge in [-0.25, -0.2) is 0 Å². The first kappa shape index (κ1) is 24.5. The van der Waals surface area contributed by atoms with Gasteiger partial charge in [0.2, 0.25) is 0 Å². The molecule has 8 rings (SSSR count). The van der Waals surface area contributed by atoms with E-state index in [9.17, 15) is 0 Å². The normalized spacial score (nSPS) is 12.0. The van der Waals surface area contributed by atoms with Crippen molar-refractivity contribution in [3.8, 4) is 22.5 Å². The van der Waals surface area contributed by atoms with Gasteiger partial charge in [-0.05, 0) is 84.6 Å². The maximum Gasteiger partial charge on any atom is 0.0548 e. The number of para-hydroxylation sites is 2. The Labute approximate surface area is 245 Å². The Kier molecular flexibility index (Phi) is 5.61. The number of allylic oxidation sites excluding steroid dienone is 1. The van der Waals surface area contributed by atoms with Crippen LogP contribution in [0.2, 0.25) is 0 Å². The van der Waals surface area contributed by atoms with Gasteiger partial charge in [0.25, 0.3) is 0 Å². The summed E-state index contributed by atoms with van der Waals surface area (Å²) in [6.07, 6.45) is 4.28. The molecule has 0 bridgehead atoms. The number of benzene rings is 6. The molecule has 0 fully saturated rings. The Morgan fingerprint density at radius 2 is 1.00 bits per heavy atom. The highest BCUT2D eigenvalue weighted by Gasteiger charge is 2.20. The molecular weight excluding hydrogens is 508 g/mol. The average Bonchev–Trinajstić information content (AvgIpc) is 3.55. The third kappa shape index (κ3) is 3.65. The van der Waals surface area contributed by atoms with Crippen molar-refractivity contribution in [3.63, 3.8) is 0 Å². The fourth-order valence-corrected chi connectivity index (χ4v) is 6.67. The molecular formula is C40H30N2. The summed E-state index contributed by atoms with van der Waals surface area (Å²) in [7, 11) is 0. The topological polar surface area (TPSA) is 9.86 Å². The van der Waals surface area contributed by atoms with Crippen LogP contribution in [-0.2, 0) is 0 Å². The first-order valence-corrected chi connectivity index (χ1v) is 14.6. The van der Waals surface area contributed by atoms with Crippen molar-refractivity contribution in [1.29, 1.82) is 0 Å². The van der Waals surface area contributed by atoms with Crippen molar-refractivity contribution in [2.75, 3.05) is 0 Å².